The van der Waals surface area contributed by atoms with Crippen LogP contribution >= 0.6 is 0 Å². The molecule has 0 fully saturated rings. The second kappa shape index (κ2) is 9.05. The van der Waals surface area contributed by atoms with E-state index in [0.29, 0.717) is 17.9 Å². The number of hydrogen-bond acceptors (Lipinski definition) is 6. The van der Waals surface area contributed by atoms with Gasteiger partial charge in [0.1, 0.15) is 5.75 Å². The molecule has 7 heteroatoms. The van der Waals surface area contributed by atoms with Crippen molar-refractivity contribution in [3.63, 3.8) is 0 Å². The summed E-state index contributed by atoms with van der Waals surface area (Å²) in [7, 11) is 1.44. The van der Waals surface area contributed by atoms with E-state index in [0.717, 1.165) is 5.69 Å². The van der Waals surface area contributed by atoms with Gasteiger partial charge in [0.25, 0.3) is 0 Å². The predicted octanol–water partition coefficient (Wildman–Crippen LogP) is 3.71. The van der Waals surface area contributed by atoms with Gasteiger partial charge in [0, 0.05) is 5.56 Å². The molecule has 1 atom stereocenters. The smallest absolute Gasteiger partial charge is 0.363 e. The topological polar surface area (TPSA) is 79.7 Å². The number of aromatic nitrogens is 2. The highest BCUT2D eigenvalue weighted by molar-refractivity contribution is 6.01. The number of methoxy groups -OCH3 is 1. The maximum absolute atomic E-state index is 12.6. The van der Waals surface area contributed by atoms with Gasteiger partial charge in [0.2, 0.25) is 11.5 Å². The molecule has 0 aliphatic heterocycles. The normalized spacial score (nSPS) is 11.6. The number of hydrogen-bond donors (Lipinski definition) is 0. The summed E-state index contributed by atoms with van der Waals surface area (Å²) in [5.74, 6) is -0.115. The lowest BCUT2D eigenvalue weighted by Gasteiger charge is -2.12. The van der Waals surface area contributed by atoms with Crippen molar-refractivity contribution < 1.29 is 23.8 Å². The fourth-order valence-corrected chi connectivity index (χ4v) is 2.75. The van der Waals surface area contributed by atoms with Crippen molar-refractivity contribution in [3.05, 3.63) is 72.1 Å². The zero-order valence-corrected chi connectivity index (χ0v) is 16.5. The quantitative estimate of drug-likeness (QED) is 0.428. The van der Waals surface area contributed by atoms with Crippen molar-refractivity contribution in [2.75, 3.05) is 13.7 Å². The van der Waals surface area contributed by atoms with Crippen LogP contribution in [-0.4, -0.2) is 41.4 Å². The molecule has 0 radical (unpaired) electrons. The molecule has 0 saturated carbocycles. The SMILES string of the molecule is CCOc1ccc(C(=O)[C@@H](C)OC(=O)c2nn(-c3ccccc3)cc2OC)cc1. The van der Waals surface area contributed by atoms with Crippen LogP contribution < -0.4 is 9.47 Å². The molecule has 150 valence electrons. The zero-order valence-electron chi connectivity index (χ0n) is 16.5. The number of Topliss-reactive ketones (excluding diaryl/α,β-unsaturated/α-hetero) is 1. The highest BCUT2D eigenvalue weighted by Gasteiger charge is 2.25. The summed E-state index contributed by atoms with van der Waals surface area (Å²) in [6, 6.07) is 16.0. The molecule has 0 spiro atoms. The summed E-state index contributed by atoms with van der Waals surface area (Å²) >= 11 is 0. The van der Waals surface area contributed by atoms with Crippen molar-refractivity contribution in [1.82, 2.24) is 9.78 Å². The number of ether oxygens (including phenoxy) is 3. The Morgan fingerprint density at radius 3 is 2.38 bits per heavy atom. The van der Waals surface area contributed by atoms with Crippen LogP contribution in [-0.2, 0) is 4.74 Å². The van der Waals surface area contributed by atoms with Crippen molar-refractivity contribution in [2.45, 2.75) is 20.0 Å². The molecule has 29 heavy (non-hydrogen) atoms. The van der Waals surface area contributed by atoms with Gasteiger partial charge in [0.05, 0.1) is 25.6 Å². The summed E-state index contributed by atoms with van der Waals surface area (Å²) in [5.41, 5.74) is 1.20. The van der Waals surface area contributed by atoms with Crippen LogP contribution in [0.2, 0.25) is 0 Å². The number of esters is 1. The molecule has 0 aliphatic rings. The van der Waals surface area contributed by atoms with Gasteiger partial charge in [0.15, 0.2) is 11.9 Å². The van der Waals surface area contributed by atoms with Crippen molar-refractivity contribution in [3.8, 4) is 17.2 Å². The van der Waals surface area contributed by atoms with E-state index < -0.39 is 12.1 Å². The number of ketones is 1. The lowest BCUT2D eigenvalue weighted by atomic mass is 10.1. The summed E-state index contributed by atoms with van der Waals surface area (Å²) in [6.45, 7) is 3.95. The van der Waals surface area contributed by atoms with E-state index in [4.69, 9.17) is 14.2 Å². The van der Waals surface area contributed by atoms with Crippen LogP contribution in [0.3, 0.4) is 0 Å². The minimum Gasteiger partial charge on any atom is -0.494 e. The maximum atomic E-state index is 12.6. The molecule has 0 aliphatic carbocycles. The van der Waals surface area contributed by atoms with E-state index in [1.54, 1.807) is 30.5 Å². The molecule has 0 saturated heterocycles. The van der Waals surface area contributed by atoms with E-state index in [1.807, 2.05) is 37.3 Å². The van der Waals surface area contributed by atoms with Gasteiger partial charge in [-0.25, -0.2) is 9.48 Å². The van der Waals surface area contributed by atoms with Gasteiger partial charge in [-0.15, -0.1) is 0 Å². The van der Waals surface area contributed by atoms with E-state index in [1.165, 1.54) is 18.7 Å². The van der Waals surface area contributed by atoms with E-state index in [2.05, 4.69) is 5.10 Å². The number of benzene rings is 2. The predicted molar refractivity (Wildman–Crippen MR) is 107 cm³/mol. The molecule has 7 nitrogen and oxygen atoms in total. The summed E-state index contributed by atoms with van der Waals surface area (Å²) in [4.78, 5) is 25.2. The maximum Gasteiger partial charge on any atom is 0.363 e. The van der Waals surface area contributed by atoms with Crippen LogP contribution in [0.25, 0.3) is 5.69 Å². The molecule has 2 aromatic carbocycles. The van der Waals surface area contributed by atoms with E-state index in [9.17, 15) is 9.59 Å². The lowest BCUT2D eigenvalue weighted by Crippen LogP contribution is -2.25. The highest BCUT2D eigenvalue weighted by Crippen LogP contribution is 2.21. The number of para-hydroxylation sites is 1. The molecule has 3 aromatic rings. The Morgan fingerprint density at radius 1 is 1.07 bits per heavy atom. The minimum atomic E-state index is -0.980. The molecule has 1 heterocycles. The molecule has 0 bridgehead atoms. The van der Waals surface area contributed by atoms with Crippen LogP contribution in [0.15, 0.2) is 60.8 Å². The molecule has 0 N–H and O–H groups in total. The van der Waals surface area contributed by atoms with Crippen LogP contribution in [0.4, 0.5) is 0 Å². The molecule has 3 rings (SSSR count). The highest BCUT2D eigenvalue weighted by atomic mass is 16.5. The monoisotopic (exact) mass is 394 g/mol. The molecular formula is C22H22N2O5. The Bertz CT molecular complexity index is 980. The summed E-state index contributed by atoms with van der Waals surface area (Å²) in [5, 5.41) is 4.26. The Kier molecular flexibility index (Phi) is 6.29. The molecule has 1 aromatic heterocycles. The first kappa shape index (κ1) is 20.1. The van der Waals surface area contributed by atoms with Gasteiger partial charge in [-0.1, -0.05) is 18.2 Å². The molecular weight excluding hydrogens is 372 g/mol. The Balaban J connectivity index is 1.73. The van der Waals surface area contributed by atoms with Gasteiger partial charge in [-0.2, -0.15) is 5.10 Å². The van der Waals surface area contributed by atoms with E-state index in [-0.39, 0.29) is 17.2 Å². The van der Waals surface area contributed by atoms with Crippen molar-refractivity contribution in [2.24, 2.45) is 0 Å². The van der Waals surface area contributed by atoms with E-state index >= 15 is 0 Å². The zero-order chi connectivity index (χ0) is 20.8. The summed E-state index contributed by atoms with van der Waals surface area (Å²) < 4.78 is 17.5. The number of carbonyl (C=O) groups excluding carboxylic acids is 2. The summed E-state index contributed by atoms with van der Waals surface area (Å²) in [6.07, 6.45) is 0.609. The fraction of sp³-hybridized carbons (Fsp3) is 0.227. The number of carbonyl (C=O) groups is 2. The first-order valence-corrected chi connectivity index (χ1v) is 9.20. The van der Waals surface area contributed by atoms with Crippen LogP contribution in [0.1, 0.15) is 34.7 Å². The van der Waals surface area contributed by atoms with Crippen molar-refractivity contribution >= 4 is 11.8 Å². The van der Waals surface area contributed by atoms with Crippen molar-refractivity contribution in [1.29, 1.82) is 0 Å². The van der Waals surface area contributed by atoms with Gasteiger partial charge >= 0.3 is 5.97 Å². The third-order valence-corrected chi connectivity index (χ3v) is 4.22. The largest absolute Gasteiger partial charge is 0.494 e. The number of nitrogens with zero attached hydrogens (tertiary/aromatic N) is 2. The van der Waals surface area contributed by atoms with Crippen LogP contribution in [0, 0.1) is 0 Å². The van der Waals surface area contributed by atoms with Crippen LogP contribution in [0.5, 0.6) is 11.5 Å². The third kappa shape index (κ3) is 4.63. The number of rotatable bonds is 8. The second-order valence-electron chi connectivity index (χ2n) is 6.20. The standard InChI is InChI=1S/C22H22N2O5/c1-4-28-18-12-10-16(11-13-18)21(25)15(2)29-22(26)20-19(27-3)14-24(23-20)17-8-6-5-7-9-17/h5-15H,4H2,1-3H3/t15-/m1/s1. The Morgan fingerprint density at radius 2 is 1.76 bits per heavy atom. The Hall–Kier alpha value is -3.61. The van der Waals surface area contributed by atoms with Gasteiger partial charge in [-0.3, -0.25) is 4.79 Å². The van der Waals surface area contributed by atoms with Gasteiger partial charge in [-0.05, 0) is 50.2 Å². The first-order chi connectivity index (χ1) is 14.0. The fourth-order valence-electron chi connectivity index (χ4n) is 2.75. The van der Waals surface area contributed by atoms with Gasteiger partial charge < -0.3 is 14.2 Å². The average Bonchev–Trinajstić information content (AvgIpc) is 3.19. The molecule has 0 amide bonds. The minimum absolute atomic E-state index is 0.00250. The first-order valence-electron chi connectivity index (χ1n) is 9.20. The molecule has 0 unspecified atom stereocenters. The Labute approximate surface area is 168 Å². The lowest BCUT2D eigenvalue weighted by molar-refractivity contribution is 0.0309. The average molecular weight is 394 g/mol. The third-order valence-electron chi connectivity index (χ3n) is 4.22. The second-order valence-corrected chi connectivity index (χ2v) is 6.20.